The summed E-state index contributed by atoms with van der Waals surface area (Å²) in [5, 5.41) is 0. The maximum atomic E-state index is 12.5. The summed E-state index contributed by atoms with van der Waals surface area (Å²) in [6, 6.07) is 7.74. The molecule has 1 aromatic carbocycles. The van der Waals surface area contributed by atoms with Crippen LogP contribution in [0.4, 0.5) is 0 Å². The molecule has 3 rings (SSSR count). The van der Waals surface area contributed by atoms with Gasteiger partial charge in [0, 0.05) is 26.6 Å². The lowest BCUT2D eigenvalue weighted by atomic mass is 10.2. The van der Waals surface area contributed by atoms with E-state index >= 15 is 0 Å². The summed E-state index contributed by atoms with van der Waals surface area (Å²) in [6.07, 6.45) is 0.390. The predicted octanol–water partition coefficient (Wildman–Crippen LogP) is 1.37. The van der Waals surface area contributed by atoms with Gasteiger partial charge in [0.05, 0.1) is 29.8 Å². The van der Waals surface area contributed by atoms with Crippen LogP contribution in [-0.2, 0) is 23.1 Å². The lowest BCUT2D eigenvalue weighted by molar-refractivity contribution is -0.143. The van der Waals surface area contributed by atoms with Crippen LogP contribution in [0.15, 0.2) is 29.1 Å². The molecule has 1 amide bonds. The zero-order valence-corrected chi connectivity index (χ0v) is 13.9. The number of carbonyl (C=O) groups is 1. The number of nitrogens with zero attached hydrogens (tertiary/aromatic N) is 3. The largest absolute Gasteiger partial charge is 0.375 e. The number of para-hydroxylation sites is 2. The van der Waals surface area contributed by atoms with Crippen molar-refractivity contribution in [3.05, 3.63) is 34.7 Å². The molecule has 2 heterocycles. The maximum Gasteiger partial charge on any atom is 0.328 e. The lowest BCUT2D eigenvalue weighted by Crippen LogP contribution is -2.50. The highest BCUT2D eigenvalue weighted by Crippen LogP contribution is 2.15. The van der Waals surface area contributed by atoms with E-state index in [-0.39, 0.29) is 23.7 Å². The molecule has 0 unspecified atom stereocenters. The molecule has 1 fully saturated rings. The summed E-state index contributed by atoms with van der Waals surface area (Å²) in [4.78, 5) is 26.8. The fourth-order valence-electron chi connectivity index (χ4n) is 3.18. The monoisotopic (exact) mass is 317 g/mol. The third-order valence-electron chi connectivity index (χ3n) is 4.53. The Morgan fingerprint density at radius 1 is 1.26 bits per heavy atom. The van der Waals surface area contributed by atoms with E-state index in [0.717, 1.165) is 11.0 Å². The van der Waals surface area contributed by atoms with Crippen molar-refractivity contribution in [1.82, 2.24) is 14.0 Å². The van der Waals surface area contributed by atoms with Crippen LogP contribution in [0.3, 0.4) is 0 Å². The number of ether oxygens (including phenoxy) is 1. The van der Waals surface area contributed by atoms with E-state index in [4.69, 9.17) is 4.74 Å². The number of imidazole rings is 1. The van der Waals surface area contributed by atoms with Gasteiger partial charge in [0.1, 0.15) is 0 Å². The minimum Gasteiger partial charge on any atom is -0.375 e. The molecule has 0 radical (unpaired) electrons. The first-order valence-electron chi connectivity index (χ1n) is 8.04. The fourth-order valence-corrected chi connectivity index (χ4v) is 3.18. The van der Waals surface area contributed by atoms with Crippen LogP contribution in [0.5, 0.6) is 0 Å². The van der Waals surface area contributed by atoms with Crippen LogP contribution < -0.4 is 5.69 Å². The molecule has 0 N–H and O–H groups in total. The Morgan fingerprint density at radius 3 is 2.70 bits per heavy atom. The number of hydrogen-bond donors (Lipinski definition) is 0. The molecule has 1 aliphatic heterocycles. The van der Waals surface area contributed by atoms with Crippen molar-refractivity contribution in [3.63, 3.8) is 0 Å². The van der Waals surface area contributed by atoms with Crippen molar-refractivity contribution in [2.45, 2.75) is 39.0 Å². The van der Waals surface area contributed by atoms with Gasteiger partial charge in [-0.1, -0.05) is 12.1 Å². The minimum absolute atomic E-state index is 0.0652. The van der Waals surface area contributed by atoms with Gasteiger partial charge < -0.3 is 9.64 Å². The molecule has 124 valence electrons. The molecule has 0 bridgehead atoms. The van der Waals surface area contributed by atoms with Crippen molar-refractivity contribution in [2.75, 3.05) is 13.2 Å². The lowest BCUT2D eigenvalue weighted by Gasteiger charge is -2.36. The van der Waals surface area contributed by atoms with Crippen molar-refractivity contribution in [1.29, 1.82) is 0 Å². The molecule has 2 aromatic rings. The molecule has 1 saturated heterocycles. The standard InChI is InChI=1S/C17H23N3O3/c1-12-11-23-13(2)10-20(12)16(21)8-9-19-15-7-5-4-6-14(15)18(3)17(19)22/h4-7,12-13H,8-11H2,1-3H3/t12-,13+/m0/s1. The Bertz CT molecular complexity index is 777. The number of amides is 1. The third kappa shape index (κ3) is 2.91. The van der Waals surface area contributed by atoms with E-state index in [0.29, 0.717) is 26.1 Å². The van der Waals surface area contributed by atoms with Crippen LogP contribution in [0.2, 0.25) is 0 Å². The topological polar surface area (TPSA) is 56.5 Å². The number of hydrogen-bond acceptors (Lipinski definition) is 3. The Kier molecular flexibility index (Phi) is 4.26. The highest BCUT2D eigenvalue weighted by Gasteiger charge is 2.27. The second-order valence-corrected chi connectivity index (χ2v) is 6.27. The fraction of sp³-hybridized carbons (Fsp3) is 0.529. The summed E-state index contributed by atoms with van der Waals surface area (Å²) >= 11 is 0. The second kappa shape index (κ2) is 6.20. The number of aryl methyl sites for hydroxylation is 2. The molecule has 23 heavy (non-hydrogen) atoms. The zero-order valence-electron chi connectivity index (χ0n) is 13.9. The minimum atomic E-state index is -0.0811. The average molecular weight is 317 g/mol. The highest BCUT2D eigenvalue weighted by atomic mass is 16.5. The predicted molar refractivity (Wildman–Crippen MR) is 88.4 cm³/mol. The summed E-state index contributed by atoms with van der Waals surface area (Å²) in [5.74, 6) is 0.0764. The SMILES string of the molecule is C[C@@H]1CN(C(=O)CCn2c(=O)n(C)c3ccccc32)[C@@H](C)CO1. The van der Waals surface area contributed by atoms with Gasteiger partial charge in [-0.2, -0.15) is 0 Å². The van der Waals surface area contributed by atoms with Gasteiger partial charge in [-0.15, -0.1) is 0 Å². The summed E-state index contributed by atoms with van der Waals surface area (Å²) in [7, 11) is 1.76. The molecule has 0 saturated carbocycles. The van der Waals surface area contributed by atoms with Crippen molar-refractivity contribution in [2.24, 2.45) is 7.05 Å². The van der Waals surface area contributed by atoms with Crippen LogP contribution in [0.1, 0.15) is 20.3 Å². The van der Waals surface area contributed by atoms with E-state index in [1.807, 2.05) is 43.0 Å². The second-order valence-electron chi connectivity index (χ2n) is 6.27. The van der Waals surface area contributed by atoms with Gasteiger partial charge >= 0.3 is 5.69 Å². The quantitative estimate of drug-likeness (QED) is 0.859. The number of benzene rings is 1. The van der Waals surface area contributed by atoms with Gasteiger partial charge in [-0.25, -0.2) is 4.79 Å². The third-order valence-corrected chi connectivity index (χ3v) is 4.53. The molecular weight excluding hydrogens is 294 g/mol. The smallest absolute Gasteiger partial charge is 0.328 e. The molecule has 6 heteroatoms. The summed E-state index contributed by atoms with van der Waals surface area (Å²) in [5.41, 5.74) is 1.68. The van der Waals surface area contributed by atoms with Gasteiger partial charge in [-0.3, -0.25) is 13.9 Å². The Morgan fingerprint density at radius 2 is 1.96 bits per heavy atom. The number of rotatable bonds is 3. The number of aromatic nitrogens is 2. The van der Waals surface area contributed by atoms with Crippen molar-refractivity contribution >= 4 is 16.9 Å². The highest BCUT2D eigenvalue weighted by molar-refractivity contribution is 5.78. The van der Waals surface area contributed by atoms with Gasteiger partial charge in [0.2, 0.25) is 5.91 Å². The summed E-state index contributed by atoms with van der Waals surface area (Å²) < 4.78 is 8.87. The van der Waals surface area contributed by atoms with E-state index < -0.39 is 0 Å². The van der Waals surface area contributed by atoms with Crippen molar-refractivity contribution in [3.8, 4) is 0 Å². The van der Waals surface area contributed by atoms with Gasteiger partial charge in [0.15, 0.2) is 0 Å². The Labute approximate surface area is 135 Å². The van der Waals surface area contributed by atoms with Crippen molar-refractivity contribution < 1.29 is 9.53 Å². The summed E-state index contributed by atoms with van der Waals surface area (Å²) in [6.45, 7) is 5.55. The van der Waals surface area contributed by atoms with E-state index in [1.54, 1.807) is 16.2 Å². The Hall–Kier alpha value is -2.08. The first-order valence-corrected chi connectivity index (χ1v) is 8.04. The molecule has 0 aliphatic carbocycles. The molecule has 1 aromatic heterocycles. The molecule has 6 nitrogen and oxygen atoms in total. The Balaban J connectivity index is 1.77. The van der Waals surface area contributed by atoms with Gasteiger partial charge in [0.25, 0.3) is 0 Å². The first kappa shape index (κ1) is 15.8. The first-order chi connectivity index (χ1) is 11.0. The number of morpholine rings is 1. The average Bonchev–Trinajstić information content (AvgIpc) is 2.79. The van der Waals surface area contributed by atoms with Crippen LogP contribution in [0.25, 0.3) is 11.0 Å². The maximum absolute atomic E-state index is 12.5. The van der Waals surface area contributed by atoms with E-state index in [9.17, 15) is 9.59 Å². The molecular formula is C17H23N3O3. The normalized spacial score (nSPS) is 21.8. The van der Waals surface area contributed by atoms with Crippen LogP contribution in [-0.4, -0.2) is 45.2 Å². The number of carbonyl (C=O) groups excluding carboxylic acids is 1. The van der Waals surface area contributed by atoms with Crippen LogP contribution in [0, 0.1) is 0 Å². The van der Waals surface area contributed by atoms with E-state index in [1.165, 1.54) is 0 Å². The molecule has 1 aliphatic rings. The molecule has 2 atom stereocenters. The number of fused-ring (bicyclic) bond motifs is 1. The van der Waals surface area contributed by atoms with Gasteiger partial charge in [-0.05, 0) is 26.0 Å². The van der Waals surface area contributed by atoms with Crippen LogP contribution >= 0.6 is 0 Å². The van der Waals surface area contributed by atoms with E-state index in [2.05, 4.69) is 0 Å². The molecule has 0 spiro atoms. The zero-order chi connectivity index (χ0) is 16.6.